The van der Waals surface area contributed by atoms with Crippen LogP contribution in [0, 0.1) is 19.8 Å². The predicted octanol–water partition coefficient (Wildman–Crippen LogP) is 2.06. The van der Waals surface area contributed by atoms with Crippen LogP contribution in [0.2, 0.25) is 0 Å². The lowest BCUT2D eigenvalue weighted by Crippen LogP contribution is -2.30. The number of aryl methyl sites for hydroxylation is 1. The number of hydrogen-bond donors (Lipinski definition) is 1. The molecular formula is C13H23N3. The Hall–Kier alpha value is -0.830. The molecular weight excluding hydrogens is 198 g/mol. The molecule has 3 heteroatoms. The van der Waals surface area contributed by atoms with Crippen molar-refractivity contribution in [2.24, 2.45) is 5.92 Å². The van der Waals surface area contributed by atoms with Crippen LogP contribution in [-0.2, 0) is 13.0 Å². The third-order valence-electron chi connectivity index (χ3n) is 3.77. The Morgan fingerprint density at radius 1 is 1.31 bits per heavy atom. The summed E-state index contributed by atoms with van der Waals surface area (Å²) in [6, 6.07) is 0. The molecule has 16 heavy (non-hydrogen) atoms. The highest BCUT2D eigenvalue weighted by atomic mass is 15.3. The van der Waals surface area contributed by atoms with E-state index in [2.05, 4.69) is 35.9 Å². The Morgan fingerprint density at radius 2 is 2.00 bits per heavy atom. The van der Waals surface area contributed by atoms with Gasteiger partial charge in [0.1, 0.15) is 0 Å². The van der Waals surface area contributed by atoms with E-state index in [1.807, 2.05) is 0 Å². The molecule has 0 bridgehead atoms. The van der Waals surface area contributed by atoms with Gasteiger partial charge in [0.2, 0.25) is 0 Å². The van der Waals surface area contributed by atoms with Gasteiger partial charge in [0, 0.05) is 12.2 Å². The largest absolute Gasteiger partial charge is 0.317 e. The highest BCUT2D eigenvalue weighted by Crippen LogP contribution is 2.18. The van der Waals surface area contributed by atoms with Crippen LogP contribution in [0.25, 0.3) is 0 Å². The summed E-state index contributed by atoms with van der Waals surface area (Å²) in [7, 11) is 0. The number of nitrogens with zero attached hydrogens (tertiary/aromatic N) is 2. The van der Waals surface area contributed by atoms with Gasteiger partial charge in [-0.1, -0.05) is 6.92 Å². The van der Waals surface area contributed by atoms with Crippen LogP contribution in [0.5, 0.6) is 0 Å². The highest BCUT2D eigenvalue weighted by molar-refractivity contribution is 5.24. The second kappa shape index (κ2) is 5.00. The Kier molecular flexibility index (Phi) is 3.64. The van der Waals surface area contributed by atoms with Gasteiger partial charge in [0.25, 0.3) is 0 Å². The molecule has 0 amide bonds. The van der Waals surface area contributed by atoms with Crippen LogP contribution in [0.1, 0.15) is 36.7 Å². The Bertz CT molecular complexity index is 348. The molecule has 1 aromatic rings. The Morgan fingerprint density at radius 3 is 2.56 bits per heavy atom. The van der Waals surface area contributed by atoms with E-state index >= 15 is 0 Å². The summed E-state index contributed by atoms with van der Waals surface area (Å²) in [4.78, 5) is 0. The SMILES string of the molecule is CCc1c(C)nn(CC2CCNCC2)c1C. The summed E-state index contributed by atoms with van der Waals surface area (Å²) in [5.41, 5.74) is 4.03. The van der Waals surface area contributed by atoms with Gasteiger partial charge in [-0.3, -0.25) is 4.68 Å². The molecule has 1 aromatic heterocycles. The monoisotopic (exact) mass is 221 g/mol. The van der Waals surface area contributed by atoms with E-state index < -0.39 is 0 Å². The molecule has 0 aliphatic carbocycles. The molecule has 3 nitrogen and oxygen atoms in total. The Labute approximate surface area is 98.2 Å². The van der Waals surface area contributed by atoms with E-state index in [-0.39, 0.29) is 0 Å². The van der Waals surface area contributed by atoms with Gasteiger partial charge < -0.3 is 5.32 Å². The molecule has 0 saturated carbocycles. The smallest absolute Gasteiger partial charge is 0.0628 e. The first-order chi connectivity index (χ1) is 7.72. The van der Waals surface area contributed by atoms with Crippen molar-refractivity contribution in [2.45, 2.75) is 46.6 Å². The number of rotatable bonds is 3. The zero-order chi connectivity index (χ0) is 11.5. The summed E-state index contributed by atoms with van der Waals surface area (Å²) in [6.07, 6.45) is 3.68. The molecule has 1 fully saturated rings. The van der Waals surface area contributed by atoms with Crippen LogP contribution in [0.15, 0.2) is 0 Å². The van der Waals surface area contributed by atoms with Gasteiger partial charge in [0.05, 0.1) is 5.69 Å². The maximum Gasteiger partial charge on any atom is 0.0628 e. The molecule has 2 rings (SSSR count). The number of nitrogens with one attached hydrogen (secondary N) is 1. The summed E-state index contributed by atoms with van der Waals surface area (Å²) < 4.78 is 2.23. The number of aromatic nitrogens is 2. The minimum absolute atomic E-state index is 0.809. The average molecular weight is 221 g/mol. The highest BCUT2D eigenvalue weighted by Gasteiger charge is 2.16. The van der Waals surface area contributed by atoms with Crippen molar-refractivity contribution in [3.05, 3.63) is 17.0 Å². The van der Waals surface area contributed by atoms with Crippen LogP contribution < -0.4 is 5.32 Å². The first-order valence-electron chi connectivity index (χ1n) is 6.46. The standard InChI is InChI=1S/C13H23N3/c1-4-13-10(2)15-16(11(13)3)9-12-5-7-14-8-6-12/h12,14H,4-9H2,1-3H3. The van der Waals surface area contributed by atoms with E-state index in [4.69, 9.17) is 0 Å². The minimum atomic E-state index is 0.809. The number of hydrogen-bond acceptors (Lipinski definition) is 2. The normalized spacial score (nSPS) is 17.9. The van der Waals surface area contributed by atoms with Crippen molar-refractivity contribution in [1.82, 2.24) is 15.1 Å². The zero-order valence-corrected chi connectivity index (χ0v) is 10.7. The van der Waals surface area contributed by atoms with E-state index in [0.29, 0.717) is 0 Å². The molecule has 1 N–H and O–H groups in total. The van der Waals surface area contributed by atoms with Gasteiger partial charge in [-0.25, -0.2) is 0 Å². The van der Waals surface area contributed by atoms with E-state index in [1.165, 1.54) is 42.9 Å². The van der Waals surface area contributed by atoms with E-state index in [1.54, 1.807) is 0 Å². The lowest BCUT2D eigenvalue weighted by atomic mass is 9.98. The molecule has 1 aliphatic rings. The fraction of sp³-hybridized carbons (Fsp3) is 0.769. The van der Waals surface area contributed by atoms with Crippen molar-refractivity contribution in [1.29, 1.82) is 0 Å². The first kappa shape index (κ1) is 11.6. The third-order valence-corrected chi connectivity index (χ3v) is 3.77. The lowest BCUT2D eigenvalue weighted by Gasteiger charge is -2.23. The van der Waals surface area contributed by atoms with Crippen LogP contribution in [0.4, 0.5) is 0 Å². The molecule has 0 atom stereocenters. The summed E-state index contributed by atoms with van der Waals surface area (Å²) >= 11 is 0. The van der Waals surface area contributed by atoms with Crippen molar-refractivity contribution < 1.29 is 0 Å². The molecule has 2 heterocycles. The van der Waals surface area contributed by atoms with Crippen LogP contribution in [-0.4, -0.2) is 22.9 Å². The Balaban J connectivity index is 2.08. The second-order valence-electron chi connectivity index (χ2n) is 4.88. The van der Waals surface area contributed by atoms with Crippen molar-refractivity contribution in [3.8, 4) is 0 Å². The minimum Gasteiger partial charge on any atom is -0.317 e. The van der Waals surface area contributed by atoms with Gasteiger partial charge in [-0.2, -0.15) is 5.10 Å². The molecule has 0 aromatic carbocycles. The van der Waals surface area contributed by atoms with Gasteiger partial charge in [-0.15, -0.1) is 0 Å². The molecule has 1 aliphatic heterocycles. The van der Waals surface area contributed by atoms with E-state index in [9.17, 15) is 0 Å². The predicted molar refractivity (Wildman–Crippen MR) is 66.7 cm³/mol. The average Bonchev–Trinajstić information content (AvgIpc) is 2.55. The van der Waals surface area contributed by atoms with Crippen molar-refractivity contribution >= 4 is 0 Å². The molecule has 0 spiro atoms. The molecule has 0 unspecified atom stereocenters. The van der Waals surface area contributed by atoms with Gasteiger partial charge in [0.15, 0.2) is 0 Å². The fourth-order valence-electron chi connectivity index (χ4n) is 2.73. The summed E-state index contributed by atoms with van der Waals surface area (Å²) in [5, 5.41) is 8.08. The van der Waals surface area contributed by atoms with Crippen LogP contribution >= 0.6 is 0 Å². The van der Waals surface area contributed by atoms with Crippen molar-refractivity contribution in [2.75, 3.05) is 13.1 Å². The quantitative estimate of drug-likeness (QED) is 0.846. The lowest BCUT2D eigenvalue weighted by molar-refractivity contribution is 0.318. The van der Waals surface area contributed by atoms with Gasteiger partial charge >= 0.3 is 0 Å². The first-order valence-corrected chi connectivity index (χ1v) is 6.46. The van der Waals surface area contributed by atoms with Gasteiger partial charge in [-0.05, 0) is 57.7 Å². The molecule has 0 radical (unpaired) electrons. The maximum atomic E-state index is 4.67. The zero-order valence-electron chi connectivity index (χ0n) is 10.7. The summed E-state index contributed by atoms with van der Waals surface area (Å²) in [6.45, 7) is 10.0. The molecule has 1 saturated heterocycles. The maximum absolute atomic E-state index is 4.67. The fourth-order valence-corrected chi connectivity index (χ4v) is 2.73. The summed E-state index contributed by atoms with van der Waals surface area (Å²) in [5.74, 6) is 0.809. The van der Waals surface area contributed by atoms with Crippen molar-refractivity contribution in [3.63, 3.8) is 0 Å². The topological polar surface area (TPSA) is 29.9 Å². The van der Waals surface area contributed by atoms with E-state index in [0.717, 1.165) is 18.9 Å². The third kappa shape index (κ3) is 2.29. The molecule has 90 valence electrons. The number of piperidine rings is 1. The second-order valence-corrected chi connectivity index (χ2v) is 4.88. The van der Waals surface area contributed by atoms with Crippen LogP contribution in [0.3, 0.4) is 0 Å².